The van der Waals surface area contributed by atoms with E-state index in [0.717, 1.165) is 29.9 Å². The van der Waals surface area contributed by atoms with E-state index in [1.54, 1.807) is 0 Å². The molecule has 0 saturated carbocycles. The van der Waals surface area contributed by atoms with Crippen LogP contribution >= 0.6 is 0 Å². The smallest absolute Gasteiger partial charge is 0.241 e. The van der Waals surface area contributed by atoms with Gasteiger partial charge in [0.15, 0.2) is 5.65 Å². The van der Waals surface area contributed by atoms with E-state index in [1.807, 2.05) is 11.8 Å². The molecule has 1 saturated heterocycles. The highest BCUT2D eigenvalue weighted by atomic mass is 16.1. The van der Waals surface area contributed by atoms with E-state index >= 15 is 0 Å². The van der Waals surface area contributed by atoms with Gasteiger partial charge in [-0.25, -0.2) is 9.97 Å². The van der Waals surface area contributed by atoms with E-state index in [1.165, 1.54) is 6.33 Å². The molecule has 0 aromatic carbocycles. The molecule has 0 spiro atoms. The van der Waals surface area contributed by atoms with Gasteiger partial charge in [0, 0.05) is 25.3 Å². The molecule has 0 bridgehead atoms. The van der Waals surface area contributed by atoms with E-state index < -0.39 is 6.04 Å². The number of nitrogens with zero attached hydrogens (tertiary/aromatic N) is 4. The Morgan fingerprint density at radius 3 is 3.15 bits per heavy atom. The molecule has 1 unspecified atom stereocenters. The number of piperazine rings is 1. The zero-order valence-electron chi connectivity index (χ0n) is 11.3. The van der Waals surface area contributed by atoms with Crippen LogP contribution in [0.4, 0.5) is 5.82 Å². The molecule has 1 aliphatic heterocycles. The van der Waals surface area contributed by atoms with Gasteiger partial charge in [0.25, 0.3) is 0 Å². The monoisotopic (exact) mass is 275 g/mol. The van der Waals surface area contributed by atoms with Crippen LogP contribution in [0.5, 0.6) is 0 Å². The second-order valence-corrected chi connectivity index (χ2v) is 4.77. The Hall–Kier alpha value is -2.22. The fourth-order valence-electron chi connectivity index (χ4n) is 2.58. The number of rotatable bonds is 3. The van der Waals surface area contributed by atoms with Gasteiger partial charge in [-0.3, -0.25) is 9.89 Å². The number of carbonyl (C=O) groups is 1. The molecule has 8 nitrogen and oxygen atoms in total. The van der Waals surface area contributed by atoms with Crippen molar-refractivity contribution < 1.29 is 4.79 Å². The Morgan fingerprint density at radius 1 is 1.55 bits per heavy atom. The van der Waals surface area contributed by atoms with Crippen molar-refractivity contribution in [3.05, 3.63) is 12.0 Å². The number of aromatic nitrogens is 4. The van der Waals surface area contributed by atoms with E-state index in [0.29, 0.717) is 18.7 Å². The number of hydrogen-bond donors (Lipinski definition) is 3. The van der Waals surface area contributed by atoms with Gasteiger partial charge in [-0.1, -0.05) is 6.92 Å². The summed E-state index contributed by atoms with van der Waals surface area (Å²) in [7, 11) is 0. The summed E-state index contributed by atoms with van der Waals surface area (Å²) in [6, 6.07) is -0.401. The molecule has 106 valence electrons. The highest BCUT2D eigenvalue weighted by Gasteiger charge is 2.30. The summed E-state index contributed by atoms with van der Waals surface area (Å²) in [5.74, 6) is 0.372. The number of hydrogen-bond acceptors (Lipinski definition) is 6. The molecule has 1 aliphatic rings. The van der Waals surface area contributed by atoms with Gasteiger partial charge in [0.2, 0.25) is 5.91 Å². The number of carbonyl (C=O) groups excluding carboxylic acids is 1. The summed E-state index contributed by atoms with van der Waals surface area (Å²) in [4.78, 5) is 22.1. The van der Waals surface area contributed by atoms with Gasteiger partial charge in [0.05, 0.1) is 5.39 Å². The largest absolute Gasteiger partial charge is 0.368 e. The molecular formula is C12H17N7O. The maximum absolute atomic E-state index is 11.6. The van der Waals surface area contributed by atoms with Crippen molar-refractivity contribution in [1.82, 2.24) is 25.5 Å². The normalized spacial score (nSPS) is 19.4. The third-order valence-electron chi connectivity index (χ3n) is 3.60. The summed E-state index contributed by atoms with van der Waals surface area (Å²) in [6.45, 7) is 4.02. The first kappa shape index (κ1) is 12.8. The van der Waals surface area contributed by atoms with Crippen molar-refractivity contribution in [2.45, 2.75) is 19.4 Å². The second-order valence-electron chi connectivity index (χ2n) is 4.77. The molecule has 3 heterocycles. The van der Waals surface area contributed by atoms with Gasteiger partial charge in [-0.05, 0) is 6.42 Å². The standard InChI is InChI=1S/C12H17N7O/c1-2-7-9-11(18-17-7)15-6-16-12(9)19-4-3-14-5-8(19)10(13)20/h6,8,14H,2-5H2,1H3,(H2,13,20)(H,15,16,17,18). The minimum absolute atomic E-state index is 0.356. The number of amides is 1. The number of H-pyrrole nitrogens is 1. The van der Waals surface area contributed by atoms with Gasteiger partial charge in [-0.2, -0.15) is 5.10 Å². The maximum atomic E-state index is 11.6. The van der Waals surface area contributed by atoms with E-state index in [9.17, 15) is 4.79 Å². The van der Waals surface area contributed by atoms with Crippen LogP contribution in [0.25, 0.3) is 11.0 Å². The zero-order valence-corrected chi connectivity index (χ0v) is 11.3. The highest BCUT2D eigenvalue weighted by molar-refractivity contribution is 5.92. The summed E-state index contributed by atoms with van der Waals surface area (Å²) in [5.41, 5.74) is 7.09. The lowest BCUT2D eigenvalue weighted by Crippen LogP contribution is -2.57. The first-order valence-corrected chi connectivity index (χ1v) is 6.67. The first-order valence-electron chi connectivity index (χ1n) is 6.67. The molecule has 2 aromatic heterocycles. The summed E-state index contributed by atoms with van der Waals surface area (Å²) in [6.07, 6.45) is 2.27. The fraction of sp³-hybridized carbons (Fsp3) is 0.500. The zero-order chi connectivity index (χ0) is 14.1. The number of primary amides is 1. The lowest BCUT2D eigenvalue weighted by atomic mass is 10.1. The number of aryl methyl sites for hydroxylation is 1. The Morgan fingerprint density at radius 2 is 2.40 bits per heavy atom. The maximum Gasteiger partial charge on any atom is 0.241 e. The Labute approximate surface area is 115 Å². The lowest BCUT2D eigenvalue weighted by Gasteiger charge is -2.35. The predicted octanol–water partition coefficient (Wildman–Crippen LogP) is -0.821. The fourth-order valence-corrected chi connectivity index (χ4v) is 2.58. The number of nitrogens with one attached hydrogen (secondary N) is 2. The molecule has 1 fully saturated rings. The first-order chi connectivity index (χ1) is 9.72. The van der Waals surface area contributed by atoms with Crippen molar-refractivity contribution >= 4 is 22.8 Å². The number of fused-ring (bicyclic) bond motifs is 1. The van der Waals surface area contributed by atoms with Crippen molar-refractivity contribution in [2.24, 2.45) is 5.73 Å². The van der Waals surface area contributed by atoms with E-state index in [2.05, 4.69) is 25.5 Å². The quantitative estimate of drug-likeness (QED) is 0.674. The molecule has 2 aromatic rings. The molecule has 20 heavy (non-hydrogen) atoms. The molecule has 1 amide bonds. The van der Waals surface area contributed by atoms with Gasteiger partial charge in [0.1, 0.15) is 18.2 Å². The number of nitrogens with two attached hydrogens (primary N) is 1. The van der Waals surface area contributed by atoms with Crippen molar-refractivity contribution in [3.8, 4) is 0 Å². The Bertz CT molecular complexity index is 638. The molecule has 1 atom stereocenters. The Balaban J connectivity index is 2.12. The van der Waals surface area contributed by atoms with Gasteiger partial charge >= 0.3 is 0 Å². The van der Waals surface area contributed by atoms with E-state index in [-0.39, 0.29) is 5.91 Å². The van der Waals surface area contributed by atoms with Crippen LogP contribution in [0.15, 0.2) is 6.33 Å². The van der Waals surface area contributed by atoms with Gasteiger partial charge in [-0.15, -0.1) is 0 Å². The molecule has 0 aliphatic carbocycles. The highest BCUT2D eigenvalue weighted by Crippen LogP contribution is 2.27. The third-order valence-corrected chi connectivity index (χ3v) is 3.60. The lowest BCUT2D eigenvalue weighted by molar-refractivity contribution is -0.119. The van der Waals surface area contributed by atoms with Crippen molar-refractivity contribution in [1.29, 1.82) is 0 Å². The molecule has 0 radical (unpaired) electrons. The van der Waals surface area contributed by atoms with Crippen LogP contribution in [-0.4, -0.2) is 51.7 Å². The molecule has 3 rings (SSSR count). The topological polar surface area (TPSA) is 113 Å². The van der Waals surface area contributed by atoms with Crippen LogP contribution in [0.3, 0.4) is 0 Å². The second kappa shape index (κ2) is 5.04. The molecular weight excluding hydrogens is 258 g/mol. The average Bonchev–Trinajstić information content (AvgIpc) is 2.90. The van der Waals surface area contributed by atoms with Crippen LogP contribution in [0.2, 0.25) is 0 Å². The van der Waals surface area contributed by atoms with Crippen LogP contribution < -0.4 is 16.0 Å². The molecule has 8 heteroatoms. The van der Waals surface area contributed by atoms with Crippen LogP contribution in [0.1, 0.15) is 12.6 Å². The average molecular weight is 275 g/mol. The number of aromatic amines is 1. The van der Waals surface area contributed by atoms with Gasteiger partial charge < -0.3 is 16.0 Å². The molecule has 4 N–H and O–H groups in total. The summed E-state index contributed by atoms with van der Waals surface area (Å²) >= 11 is 0. The van der Waals surface area contributed by atoms with Crippen molar-refractivity contribution in [2.75, 3.05) is 24.5 Å². The van der Waals surface area contributed by atoms with Crippen LogP contribution in [0, 0.1) is 0 Å². The Kier molecular flexibility index (Phi) is 3.23. The van der Waals surface area contributed by atoms with E-state index in [4.69, 9.17) is 5.73 Å². The summed E-state index contributed by atoms with van der Waals surface area (Å²) in [5, 5.41) is 11.2. The van der Waals surface area contributed by atoms with Crippen LogP contribution in [-0.2, 0) is 11.2 Å². The minimum atomic E-state index is -0.401. The predicted molar refractivity (Wildman–Crippen MR) is 74.3 cm³/mol. The summed E-state index contributed by atoms with van der Waals surface area (Å²) < 4.78 is 0. The van der Waals surface area contributed by atoms with Crippen molar-refractivity contribution in [3.63, 3.8) is 0 Å². The minimum Gasteiger partial charge on any atom is -0.368 e. The SMILES string of the molecule is CCc1[nH]nc2ncnc(N3CCNCC3C(N)=O)c12. The number of anilines is 1. The third kappa shape index (κ3) is 1.97.